The van der Waals surface area contributed by atoms with Crippen LogP contribution in [0.25, 0.3) is 17.0 Å². The molecule has 0 atom stereocenters. The molecule has 0 spiro atoms. The zero-order chi connectivity index (χ0) is 20.8. The normalized spacial score (nSPS) is 10.8. The molecule has 0 fully saturated rings. The largest absolute Gasteiger partial charge is 0.496 e. The number of benzene rings is 1. The first-order valence-corrected chi connectivity index (χ1v) is 10.4. The second-order valence-electron chi connectivity index (χ2n) is 6.39. The number of pyridine rings is 1. The number of thioether (sulfide) groups is 1. The highest BCUT2D eigenvalue weighted by Gasteiger charge is 2.12. The first-order chi connectivity index (χ1) is 14.7. The van der Waals surface area contributed by atoms with Crippen LogP contribution in [0.15, 0.2) is 66.0 Å². The number of ether oxygens (including phenoxy) is 1. The maximum Gasteiger partial charge on any atom is 0.230 e. The Bertz CT molecular complexity index is 1150. The highest BCUT2D eigenvalue weighted by atomic mass is 32.2. The van der Waals surface area contributed by atoms with Gasteiger partial charge >= 0.3 is 0 Å². The molecule has 1 amide bonds. The van der Waals surface area contributed by atoms with Gasteiger partial charge in [0.25, 0.3) is 0 Å². The molecule has 0 aliphatic heterocycles. The fraction of sp³-hybridized carbons (Fsp3) is 0.190. The first-order valence-electron chi connectivity index (χ1n) is 9.40. The molecule has 3 aromatic heterocycles. The number of nitrogens with zero attached hydrogens (tertiary/aromatic N) is 5. The average Bonchev–Trinajstić information content (AvgIpc) is 3.21. The van der Waals surface area contributed by atoms with Gasteiger partial charge in [-0.2, -0.15) is 9.61 Å². The van der Waals surface area contributed by atoms with Crippen molar-refractivity contribution in [2.24, 2.45) is 0 Å². The number of aromatic nitrogens is 5. The van der Waals surface area contributed by atoms with Gasteiger partial charge in [-0.25, -0.2) is 0 Å². The van der Waals surface area contributed by atoms with Crippen LogP contribution in [0.4, 0.5) is 0 Å². The van der Waals surface area contributed by atoms with Crippen molar-refractivity contribution in [2.45, 2.75) is 11.6 Å². The molecule has 1 N–H and O–H groups in total. The molecule has 9 heteroatoms. The Morgan fingerprint density at radius 1 is 1.07 bits per heavy atom. The lowest BCUT2D eigenvalue weighted by molar-refractivity contribution is -0.118. The predicted octanol–water partition coefficient (Wildman–Crippen LogP) is 2.65. The van der Waals surface area contributed by atoms with Gasteiger partial charge < -0.3 is 10.1 Å². The molecule has 0 saturated heterocycles. The van der Waals surface area contributed by atoms with Crippen LogP contribution in [0.1, 0.15) is 5.56 Å². The summed E-state index contributed by atoms with van der Waals surface area (Å²) in [5.74, 6) is 0.973. The van der Waals surface area contributed by atoms with Crippen molar-refractivity contribution in [1.29, 1.82) is 0 Å². The van der Waals surface area contributed by atoms with Crippen molar-refractivity contribution in [2.75, 3.05) is 19.4 Å². The number of carbonyl (C=O) groups is 1. The van der Waals surface area contributed by atoms with E-state index in [1.807, 2.05) is 54.6 Å². The third-order valence-corrected chi connectivity index (χ3v) is 5.32. The number of fused-ring (bicyclic) bond motifs is 1. The number of rotatable bonds is 8. The van der Waals surface area contributed by atoms with Crippen molar-refractivity contribution >= 4 is 23.3 Å². The van der Waals surface area contributed by atoms with Crippen LogP contribution in [0, 0.1) is 0 Å². The van der Waals surface area contributed by atoms with E-state index in [1.165, 1.54) is 11.8 Å². The van der Waals surface area contributed by atoms with Gasteiger partial charge in [-0.1, -0.05) is 36.0 Å². The lowest BCUT2D eigenvalue weighted by Gasteiger charge is -2.09. The van der Waals surface area contributed by atoms with E-state index in [1.54, 1.807) is 17.8 Å². The molecule has 0 aliphatic carbocycles. The highest BCUT2D eigenvalue weighted by molar-refractivity contribution is 7.99. The Labute approximate surface area is 177 Å². The molecule has 8 nitrogen and oxygen atoms in total. The number of hydrogen-bond donors (Lipinski definition) is 1. The smallest absolute Gasteiger partial charge is 0.230 e. The van der Waals surface area contributed by atoms with Gasteiger partial charge in [0, 0.05) is 12.7 Å². The van der Waals surface area contributed by atoms with Crippen molar-refractivity contribution < 1.29 is 9.53 Å². The molecular formula is C21H20N6O2S. The molecule has 0 unspecified atom stereocenters. The summed E-state index contributed by atoms with van der Waals surface area (Å²) >= 11 is 1.29. The van der Waals surface area contributed by atoms with Gasteiger partial charge in [-0.15, -0.1) is 10.2 Å². The molecule has 0 bridgehead atoms. The van der Waals surface area contributed by atoms with E-state index < -0.39 is 0 Å². The Hall–Kier alpha value is -3.46. The van der Waals surface area contributed by atoms with Crippen LogP contribution in [0.5, 0.6) is 5.75 Å². The molecular weight excluding hydrogens is 400 g/mol. The summed E-state index contributed by atoms with van der Waals surface area (Å²) in [5, 5.41) is 16.3. The minimum Gasteiger partial charge on any atom is -0.496 e. The zero-order valence-electron chi connectivity index (χ0n) is 16.4. The number of carbonyl (C=O) groups excluding carboxylic acids is 1. The van der Waals surface area contributed by atoms with Crippen molar-refractivity contribution in [3.63, 3.8) is 0 Å². The number of nitrogens with one attached hydrogen (secondary N) is 1. The maximum atomic E-state index is 12.3. The molecule has 152 valence electrons. The SMILES string of the molecule is COc1ccccc1CCNC(=O)CSc1nnc2ccc(-c3ccccn3)nn12. The Balaban J connectivity index is 1.36. The van der Waals surface area contributed by atoms with Gasteiger partial charge in [-0.05, 0) is 42.3 Å². The molecule has 1 aromatic carbocycles. The zero-order valence-corrected chi connectivity index (χ0v) is 17.2. The summed E-state index contributed by atoms with van der Waals surface area (Å²) in [6, 6.07) is 17.1. The standard InChI is InChI=1S/C21H20N6O2S/c1-29-18-8-3-2-6-15(18)11-13-23-20(28)14-30-21-25-24-19-10-9-17(26-27(19)21)16-7-4-5-12-22-16/h2-10,12H,11,13-14H2,1H3,(H,23,28). The monoisotopic (exact) mass is 420 g/mol. The molecule has 3 heterocycles. The van der Waals surface area contributed by atoms with Crippen molar-refractivity contribution in [1.82, 2.24) is 30.1 Å². The third kappa shape index (κ3) is 4.57. The number of para-hydroxylation sites is 1. The number of amides is 1. The van der Waals surface area contributed by atoms with E-state index in [0.29, 0.717) is 29.5 Å². The van der Waals surface area contributed by atoms with Crippen LogP contribution in [0.3, 0.4) is 0 Å². The lowest BCUT2D eigenvalue weighted by atomic mass is 10.1. The third-order valence-electron chi connectivity index (χ3n) is 4.40. The van der Waals surface area contributed by atoms with E-state index in [2.05, 4.69) is 25.6 Å². The van der Waals surface area contributed by atoms with Gasteiger partial charge in [0.15, 0.2) is 5.65 Å². The molecule has 0 aliphatic rings. The molecule has 30 heavy (non-hydrogen) atoms. The van der Waals surface area contributed by atoms with E-state index in [9.17, 15) is 4.79 Å². The molecule has 0 saturated carbocycles. The first kappa shape index (κ1) is 19.8. The topological polar surface area (TPSA) is 94.3 Å². The summed E-state index contributed by atoms with van der Waals surface area (Å²) in [6.45, 7) is 0.530. The molecule has 0 radical (unpaired) electrons. The Morgan fingerprint density at radius 2 is 1.93 bits per heavy atom. The van der Waals surface area contributed by atoms with Gasteiger partial charge in [0.05, 0.1) is 18.6 Å². The predicted molar refractivity (Wildman–Crippen MR) is 114 cm³/mol. The van der Waals surface area contributed by atoms with Gasteiger partial charge in [0.1, 0.15) is 11.4 Å². The van der Waals surface area contributed by atoms with E-state index in [4.69, 9.17) is 4.74 Å². The fourth-order valence-electron chi connectivity index (χ4n) is 2.94. The highest BCUT2D eigenvalue weighted by Crippen LogP contribution is 2.20. The second kappa shape index (κ2) is 9.36. The number of methoxy groups -OCH3 is 1. The van der Waals surface area contributed by atoms with Crippen LogP contribution in [-0.2, 0) is 11.2 Å². The molecule has 4 rings (SSSR count). The fourth-order valence-corrected chi connectivity index (χ4v) is 3.65. The van der Waals surface area contributed by atoms with Crippen LogP contribution < -0.4 is 10.1 Å². The second-order valence-corrected chi connectivity index (χ2v) is 7.33. The summed E-state index contributed by atoms with van der Waals surface area (Å²) in [4.78, 5) is 16.6. The summed E-state index contributed by atoms with van der Waals surface area (Å²) in [6.07, 6.45) is 2.42. The summed E-state index contributed by atoms with van der Waals surface area (Å²) < 4.78 is 6.97. The van der Waals surface area contributed by atoms with Crippen molar-refractivity contribution in [3.8, 4) is 17.1 Å². The van der Waals surface area contributed by atoms with Crippen LogP contribution in [0.2, 0.25) is 0 Å². The van der Waals surface area contributed by atoms with Crippen molar-refractivity contribution in [3.05, 3.63) is 66.4 Å². The van der Waals surface area contributed by atoms with Crippen LogP contribution >= 0.6 is 11.8 Å². The Morgan fingerprint density at radius 3 is 2.77 bits per heavy atom. The summed E-state index contributed by atoms with van der Waals surface area (Å²) in [5.41, 5.74) is 3.15. The van der Waals surface area contributed by atoms with E-state index in [0.717, 1.165) is 17.0 Å². The van der Waals surface area contributed by atoms with E-state index in [-0.39, 0.29) is 11.7 Å². The average molecular weight is 420 g/mol. The Kier molecular flexibility index (Phi) is 6.19. The molecule has 4 aromatic rings. The maximum absolute atomic E-state index is 12.3. The van der Waals surface area contributed by atoms with E-state index >= 15 is 0 Å². The van der Waals surface area contributed by atoms with Gasteiger partial charge in [0.2, 0.25) is 11.1 Å². The lowest BCUT2D eigenvalue weighted by Crippen LogP contribution is -2.27. The summed E-state index contributed by atoms with van der Waals surface area (Å²) in [7, 11) is 1.64. The minimum absolute atomic E-state index is 0.0764. The van der Waals surface area contributed by atoms with Crippen LogP contribution in [-0.4, -0.2) is 50.1 Å². The minimum atomic E-state index is -0.0764. The van der Waals surface area contributed by atoms with Gasteiger partial charge in [-0.3, -0.25) is 9.78 Å². The number of hydrogen-bond acceptors (Lipinski definition) is 7. The quantitative estimate of drug-likeness (QED) is 0.438.